The lowest BCUT2D eigenvalue weighted by molar-refractivity contribution is -0.148. The number of likely N-dealkylation sites (tertiary alicyclic amines) is 1. The number of rotatable bonds is 7. The van der Waals surface area contributed by atoms with Gasteiger partial charge in [-0.05, 0) is 50.1 Å². The number of methoxy groups -OCH3 is 2. The van der Waals surface area contributed by atoms with Gasteiger partial charge in [0.2, 0.25) is 5.91 Å². The summed E-state index contributed by atoms with van der Waals surface area (Å²) in [7, 11) is -1.35. The van der Waals surface area contributed by atoms with Gasteiger partial charge in [0.1, 0.15) is 12.3 Å². The zero-order valence-corrected chi connectivity index (χ0v) is 20.4. The standard InChI is InChI=1S/C23H27ClN2O6S/c1-16-4-7-19(8-5-16)33(29,30)26(20-14-18(24)6-9-21(20)31-2)15-22(27)25-12-10-17(11-13-25)23(28)32-3/h4-9,14,17H,10-13,15H2,1-3H3. The van der Waals surface area contributed by atoms with E-state index in [1.54, 1.807) is 29.2 Å². The van der Waals surface area contributed by atoms with Gasteiger partial charge < -0.3 is 14.4 Å². The number of aryl methyl sites for hydroxylation is 1. The van der Waals surface area contributed by atoms with Crippen LogP contribution in [0, 0.1) is 12.8 Å². The number of benzene rings is 2. The first-order valence-electron chi connectivity index (χ1n) is 10.5. The van der Waals surface area contributed by atoms with Crippen LogP contribution in [0.1, 0.15) is 18.4 Å². The van der Waals surface area contributed by atoms with Crippen molar-refractivity contribution in [2.75, 3.05) is 38.2 Å². The molecule has 33 heavy (non-hydrogen) atoms. The molecule has 1 heterocycles. The highest BCUT2D eigenvalue weighted by Gasteiger charge is 2.33. The van der Waals surface area contributed by atoms with Crippen LogP contribution in [-0.4, -0.2) is 59.0 Å². The van der Waals surface area contributed by atoms with Crippen LogP contribution >= 0.6 is 11.6 Å². The van der Waals surface area contributed by atoms with E-state index in [1.165, 1.54) is 32.4 Å². The summed E-state index contributed by atoms with van der Waals surface area (Å²) in [5.41, 5.74) is 1.08. The first-order valence-corrected chi connectivity index (χ1v) is 12.3. The van der Waals surface area contributed by atoms with Gasteiger partial charge in [0.05, 0.1) is 30.7 Å². The molecule has 1 fully saturated rings. The van der Waals surface area contributed by atoms with Gasteiger partial charge in [0.25, 0.3) is 10.0 Å². The molecule has 178 valence electrons. The number of sulfonamides is 1. The molecule has 1 saturated heterocycles. The van der Waals surface area contributed by atoms with Crippen molar-refractivity contribution < 1.29 is 27.5 Å². The normalized spacial score (nSPS) is 14.6. The second-order valence-electron chi connectivity index (χ2n) is 7.82. The highest BCUT2D eigenvalue weighted by atomic mass is 35.5. The summed E-state index contributed by atoms with van der Waals surface area (Å²) in [6, 6.07) is 11.0. The van der Waals surface area contributed by atoms with Gasteiger partial charge in [-0.2, -0.15) is 0 Å². The van der Waals surface area contributed by atoms with E-state index in [0.29, 0.717) is 31.0 Å². The van der Waals surface area contributed by atoms with Crippen LogP contribution in [0.2, 0.25) is 5.02 Å². The predicted molar refractivity (Wildman–Crippen MR) is 125 cm³/mol. The Morgan fingerprint density at radius 2 is 1.73 bits per heavy atom. The van der Waals surface area contributed by atoms with Gasteiger partial charge in [-0.1, -0.05) is 29.3 Å². The van der Waals surface area contributed by atoms with Crippen molar-refractivity contribution in [1.82, 2.24) is 4.90 Å². The Labute approximate surface area is 199 Å². The van der Waals surface area contributed by atoms with Gasteiger partial charge in [0, 0.05) is 18.1 Å². The molecule has 0 aliphatic carbocycles. The van der Waals surface area contributed by atoms with Gasteiger partial charge in [-0.25, -0.2) is 8.42 Å². The van der Waals surface area contributed by atoms with E-state index < -0.39 is 16.6 Å². The lowest BCUT2D eigenvalue weighted by Gasteiger charge is -2.33. The average molecular weight is 495 g/mol. The summed E-state index contributed by atoms with van der Waals surface area (Å²) in [4.78, 5) is 26.6. The SMILES string of the molecule is COC(=O)C1CCN(C(=O)CN(c2cc(Cl)ccc2OC)S(=O)(=O)c2ccc(C)cc2)CC1. The molecule has 10 heteroatoms. The number of piperidine rings is 1. The molecule has 8 nitrogen and oxygen atoms in total. The van der Waals surface area contributed by atoms with E-state index in [-0.39, 0.29) is 34.1 Å². The van der Waals surface area contributed by atoms with Crippen molar-refractivity contribution in [3.05, 3.63) is 53.1 Å². The number of carbonyl (C=O) groups excluding carboxylic acids is 2. The van der Waals surface area contributed by atoms with E-state index in [0.717, 1.165) is 9.87 Å². The zero-order chi connectivity index (χ0) is 24.2. The van der Waals surface area contributed by atoms with Crippen molar-refractivity contribution in [3.63, 3.8) is 0 Å². The monoisotopic (exact) mass is 494 g/mol. The van der Waals surface area contributed by atoms with Gasteiger partial charge in [0.15, 0.2) is 0 Å². The van der Waals surface area contributed by atoms with Crippen LogP contribution < -0.4 is 9.04 Å². The molecule has 0 saturated carbocycles. The molecule has 1 amide bonds. The van der Waals surface area contributed by atoms with Gasteiger partial charge in [-0.3, -0.25) is 13.9 Å². The second-order valence-corrected chi connectivity index (χ2v) is 10.1. The van der Waals surface area contributed by atoms with Crippen molar-refractivity contribution in [2.24, 2.45) is 5.92 Å². The molecule has 0 bridgehead atoms. The number of amides is 1. The summed E-state index contributed by atoms with van der Waals surface area (Å²) in [5, 5.41) is 0.307. The van der Waals surface area contributed by atoms with Gasteiger partial charge >= 0.3 is 5.97 Å². The number of nitrogens with zero attached hydrogens (tertiary/aromatic N) is 2. The fraction of sp³-hybridized carbons (Fsp3) is 0.391. The van der Waals surface area contributed by atoms with Crippen LogP contribution in [0.3, 0.4) is 0 Å². The maximum absolute atomic E-state index is 13.6. The van der Waals surface area contributed by atoms with E-state index in [2.05, 4.69) is 0 Å². The molecule has 0 atom stereocenters. The summed E-state index contributed by atoms with van der Waals surface area (Å²) in [6.07, 6.45) is 0.924. The number of hydrogen-bond donors (Lipinski definition) is 0. The molecule has 0 radical (unpaired) electrons. The Morgan fingerprint density at radius 1 is 1.09 bits per heavy atom. The van der Waals surface area contributed by atoms with Crippen LogP contribution in [-0.2, 0) is 24.3 Å². The van der Waals surface area contributed by atoms with Crippen LogP contribution in [0.4, 0.5) is 5.69 Å². The Balaban J connectivity index is 1.93. The number of ether oxygens (including phenoxy) is 2. The fourth-order valence-corrected chi connectivity index (χ4v) is 5.33. The lowest BCUT2D eigenvalue weighted by atomic mass is 9.97. The Bertz CT molecular complexity index is 1110. The summed E-state index contributed by atoms with van der Waals surface area (Å²) in [5.74, 6) is -0.669. The maximum atomic E-state index is 13.6. The molecule has 0 aromatic heterocycles. The Hall–Kier alpha value is -2.78. The third kappa shape index (κ3) is 5.59. The third-order valence-electron chi connectivity index (χ3n) is 5.68. The van der Waals surface area contributed by atoms with Crippen molar-refractivity contribution in [1.29, 1.82) is 0 Å². The van der Waals surface area contributed by atoms with E-state index in [9.17, 15) is 18.0 Å². The number of halogens is 1. The highest BCUT2D eigenvalue weighted by molar-refractivity contribution is 7.92. The first kappa shape index (κ1) is 24.9. The highest BCUT2D eigenvalue weighted by Crippen LogP contribution is 2.35. The number of hydrogen-bond acceptors (Lipinski definition) is 6. The maximum Gasteiger partial charge on any atom is 0.308 e. The first-order chi connectivity index (χ1) is 15.7. The van der Waals surface area contributed by atoms with Crippen molar-refractivity contribution in [2.45, 2.75) is 24.7 Å². The minimum Gasteiger partial charge on any atom is -0.495 e. The van der Waals surface area contributed by atoms with E-state index in [1.807, 2.05) is 6.92 Å². The number of anilines is 1. The zero-order valence-electron chi connectivity index (χ0n) is 18.8. The quantitative estimate of drug-likeness (QED) is 0.548. The molecule has 0 N–H and O–H groups in total. The molecule has 0 spiro atoms. The molecule has 3 rings (SSSR count). The van der Waals surface area contributed by atoms with Crippen LogP contribution in [0.5, 0.6) is 5.75 Å². The smallest absolute Gasteiger partial charge is 0.308 e. The second kappa shape index (κ2) is 10.4. The molecule has 2 aromatic carbocycles. The molecule has 1 aliphatic heterocycles. The average Bonchev–Trinajstić information content (AvgIpc) is 2.82. The minimum atomic E-state index is -4.11. The van der Waals surface area contributed by atoms with Gasteiger partial charge in [-0.15, -0.1) is 0 Å². The predicted octanol–water partition coefficient (Wildman–Crippen LogP) is 3.26. The molecular weight excluding hydrogens is 468 g/mol. The number of carbonyl (C=O) groups is 2. The van der Waals surface area contributed by atoms with E-state index in [4.69, 9.17) is 21.1 Å². The third-order valence-corrected chi connectivity index (χ3v) is 7.69. The van der Waals surface area contributed by atoms with E-state index >= 15 is 0 Å². The summed E-state index contributed by atoms with van der Waals surface area (Å²) < 4.78 is 38.4. The topological polar surface area (TPSA) is 93.2 Å². The lowest BCUT2D eigenvalue weighted by Crippen LogP contribution is -2.46. The molecule has 1 aliphatic rings. The molecule has 2 aromatic rings. The molecule has 0 unspecified atom stereocenters. The summed E-state index contributed by atoms with van der Waals surface area (Å²) in [6.45, 7) is 2.10. The minimum absolute atomic E-state index is 0.0485. The van der Waals surface area contributed by atoms with Crippen molar-refractivity contribution in [3.8, 4) is 5.75 Å². The van der Waals surface area contributed by atoms with Crippen molar-refractivity contribution >= 4 is 39.2 Å². The Kier molecular flexibility index (Phi) is 7.86. The van der Waals surface area contributed by atoms with Crippen LogP contribution in [0.25, 0.3) is 0 Å². The molecular formula is C23H27ClN2O6S. The fourth-order valence-electron chi connectivity index (χ4n) is 3.75. The van der Waals surface area contributed by atoms with Crippen LogP contribution in [0.15, 0.2) is 47.4 Å². The Morgan fingerprint density at radius 3 is 2.30 bits per heavy atom. The largest absolute Gasteiger partial charge is 0.495 e. The number of esters is 1. The summed E-state index contributed by atoms with van der Waals surface area (Å²) >= 11 is 6.16.